The summed E-state index contributed by atoms with van der Waals surface area (Å²) >= 11 is 2.10. The number of rotatable bonds is 5. The van der Waals surface area contributed by atoms with Gasteiger partial charge in [-0.3, -0.25) is 0 Å². The van der Waals surface area contributed by atoms with Crippen molar-refractivity contribution < 1.29 is 4.74 Å². The third kappa shape index (κ3) is 3.65. The van der Waals surface area contributed by atoms with Gasteiger partial charge in [0.05, 0.1) is 7.11 Å². The first-order chi connectivity index (χ1) is 8.22. The molecule has 1 aliphatic heterocycles. The molecule has 1 atom stereocenters. The number of thioether (sulfide) groups is 1. The van der Waals surface area contributed by atoms with Gasteiger partial charge in [-0.25, -0.2) is 0 Å². The van der Waals surface area contributed by atoms with Crippen molar-refractivity contribution in [2.75, 3.05) is 19.4 Å². The van der Waals surface area contributed by atoms with E-state index in [1.165, 1.54) is 24.2 Å². The van der Waals surface area contributed by atoms with Crippen LogP contribution < -0.4 is 10.1 Å². The van der Waals surface area contributed by atoms with E-state index >= 15 is 0 Å². The molecule has 1 unspecified atom stereocenters. The summed E-state index contributed by atoms with van der Waals surface area (Å²) < 4.78 is 5.67. The Morgan fingerprint density at radius 2 is 2.35 bits per heavy atom. The van der Waals surface area contributed by atoms with Crippen molar-refractivity contribution in [1.29, 1.82) is 0 Å². The number of nitrogens with one attached hydrogen (secondary N) is 1. The summed E-state index contributed by atoms with van der Waals surface area (Å²) in [4.78, 5) is 0. The van der Waals surface area contributed by atoms with Crippen LogP contribution in [0.2, 0.25) is 0 Å². The minimum atomic E-state index is 0.443. The Balaban J connectivity index is 1.81. The molecule has 0 bridgehead atoms. The molecule has 94 valence electrons. The van der Waals surface area contributed by atoms with Crippen molar-refractivity contribution >= 4 is 11.8 Å². The molecular formula is C14H21NOS. The fraction of sp³-hybridized carbons (Fsp3) is 0.571. The summed E-state index contributed by atoms with van der Waals surface area (Å²) in [6.45, 7) is 4.38. The molecule has 0 aromatic heterocycles. The van der Waals surface area contributed by atoms with E-state index in [0.717, 1.165) is 18.8 Å². The first kappa shape index (κ1) is 12.8. The highest BCUT2D eigenvalue weighted by Gasteiger charge is 2.28. The molecule has 1 N–H and O–H groups in total. The third-order valence-corrected chi connectivity index (χ3v) is 4.80. The predicted octanol–water partition coefficient (Wildman–Crippen LogP) is 3.07. The Hall–Kier alpha value is -0.670. The molecule has 2 rings (SSSR count). The number of methoxy groups -OCH3 is 1. The lowest BCUT2D eigenvalue weighted by Crippen LogP contribution is -2.32. The lowest BCUT2D eigenvalue weighted by atomic mass is 10.1. The van der Waals surface area contributed by atoms with Crippen molar-refractivity contribution in [2.24, 2.45) is 0 Å². The first-order valence-electron chi connectivity index (χ1n) is 6.19. The zero-order valence-electron chi connectivity index (χ0n) is 10.7. The molecule has 1 fully saturated rings. The van der Waals surface area contributed by atoms with Gasteiger partial charge in [-0.2, -0.15) is 11.8 Å². The second kappa shape index (κ2) is 5.78. The fourth-order valence-electron chi connectivity index (χ4n) is 2.23. The Labute approximate surface area is 108 Å². The molecule has 1 heterocycles. The summed E-state index contributed by atoms with van der Waals surface area (Å²) in [5, 5.41) is 3.56. The van der Waals surface area contributed by atoms with E-state index in [1.54, 1.807) is 7.11 Å². The fourth-order valence-corrected chi connectivity index (χ4v) is 3.50. The zero-order valence-corrected chi connectivity index (χ0v) is 11.5. The van der Waals surface area contributed by atoms with Gasteiger partial charge in [0.25, 0.3) is 0 Å². The second-order valence-corrected chi connectivity index (χ2v) is 6.54. The monoisotopic (exact) mass is 251 g/mol. The lowest BCUT2D eigenvalue weighted by Gasteiger charge is -2.23. The molecule has 17 heavy (non-hydrogen) atoms. The summed E-state index contributed by atoms with van der Waals surface area (Å²) in [7, 11) is 1.71. The van der Waals surface area contributed by atoms with Crippen molar-refractivity contribution in [3.05, 3.63) is 29.8 Å². The van der Waals surface area contributed by atoms with Crippen LogP contribution in [0.25, 0.3) is 0 Å². The van der Waals surface area contributed by atoms with Gasteiger partial charge in [-0.15, -0.1) is 0 Å². The van der Waals surface area contributed by atoms with Crippen LogP contribution in [-0.4, -0.2) is 24.2 Å². The van der Waals surface area contributed by atoms with Crippen LogP contribution in [-0.2, 0) is 6.54 Å². The van der Waals surface area contributed by atoms with E-state index in [9.17, 15) is 0 Å². The van der Waals surface area contributed by atoms with Gasteiger partial charge in [0.15, 0.2) is 0 Å². The van der Waals surface area contributed by atoms with Crippen LogP contribution in [0, 0.1) is 0 Å². The molecular weight excluding hydrogens is 230 g/mol. The minimum Gasteiger partial charge on any atom is -0.497 e. The second-order valence-electron chi connectivity index (χ2n) is 4.86. The van der Waals surface area contributed by atoms with Crippen molar-refractivity contribution in [3.8, 4) is 5.75 Å². The highest BCUT2D eigenvalue weighted by Crippen LogP contribution is 2.36. The maximum atomic E-state index is 5.22. The Kier molecular flexibility index (Phi) is 4.35. The third-order valence-electron chi connectivity index (χ3n) is 3.26. The molecule has 0 saturated carbocycles. The van der Waals surface area contributed by atoms with Gasteiger partial charge in [0, 0.05) is 17.8 Å². The van der Waals surface area contributed by atoms with Crippen molar-refractivity contribution in [2.45, 2.75) is 31.1 Å². The molecule has 1 aromatic rings. The highest BCUT2D eigenvalue weighted by molar-refractivity contribution is 8.00. The van der Waals surface area contributed by atoms with Crippen LogP contribution in [0.1, 0.15) is 25.3 Å². The van der Waals surface area contributed by atoms with E-state index in [2.05, 4.69) is 36.1 Å². The van der Waals surface area contributed by atoms with Crippen molar-refractivity contribution in [3.63, 3.8) is 0 Å². The smallest absolute Gasteiger partial charge is 0.119 e. The van der Waals surface area contributed by atoms with Gasteiger partial charge in [0.2, 0.25) is 0 Å². The van der Waals surface area contributed by atoms with Gasteiger partial charge >= 0.3 is 0 Å². The normalized spacial score (nSPS) is 23.9. The number of ether oxygens (including phenoxy) is 1. The van der Waals surface area contributed by atoms with Gasteiger partial charge in [0.1, 0.15) is 5.75 Å². The van der Waals surface area contributed by atoms with Crippen LogP contribution in [0.4, 0.5) is 0 Å². The quantitative estimate of drug-likeness (QED) is 0.869. The summed E-state index contributed by atoms with van der Waals surface area (Å²) in [6, 6.07) is 8.26. The lowest BCUT2D eigenvalue weighted by molar-refractivity contribution is 0.414. The molecule has 2 nitrogen and oxygen atoms in total. The molecule has 0 aliphatic carbocycles. The first-order valence-corrected chi connectivity index (χ1v) is 7.18. The average molecular weight is 251 g/mol. The van der Waals surface area contributed by atoms with Crippen molar-refractivity contribution in [1.82, 2.24) is 5.32 Å². The van der Waals surface area contributed by atoms with E-state index in [4.69, 9.17) is 4.74 Å². The van der Waals surface area contributed by atoms with Crippen LogP contribution in [0.5, 0.6) is 5.75 Å². The SMILES string of the molecule is COc1cccc(CNCC2(C)CCCS2)c1. The Morgan fingerprint density at radius 3 is 3.06 bits per heavy atom. The predicted molar refractivity (Wildman–Crippen MR) is 74.8 cm³/mol. The Bertz CT molecular complexity index is 361. The molecule has 1 aromatic carbocycles. The van der Waals surface area contributed by atoms with E-state index in [1.807, 2.05) is 12.1 Å². The molecule has 0 spiro atoms. The maximum Gasteiger partial charge on any atom is 0.119 e. The van der Waals surface area contributed by atoms with Crippen LogP contribution in [0.3, 0.4) is 0 Å². The van der Waals surface area contributed by atoms with Crippen LogP contribution >= 0.6 is 11.8 Å². The minimum absolute atomic E-state index is 0.443. The molecule has 0 radical (unpaired) electrons. The average Bonchev–Trinajstić information content (AvgIpc) is 2.77. The van der Waals surface area contributed by atoms with Gasteiger partial charge < -0.3 is 10.1 Å². The van der Waals surface area contributed by atoms with E-state index in [-0.39, 0.29) is 0 Å². The molecule has 1 aliphatic rings. The summed E-state index contributed by atoms with van der Waals surface area (Å²) in [6.07, 6.45) is 2.70. The molecule has 0 amide bonds. The number of hydrogen-bond donors (Lipinski definition) is 1. The number of benzene rings is 1. The van der Waals surface area contributed by atoms with Crippen LogP contribution in [0.15, 0.2) is 24.3 Å². The number of hydrogen-bond acceptors (Lipinski definition) is 3. The largest absolute Gasteiger partial charge is 0.497 e. The van der Waals surface area contributed by atoms with E-state index in [0.29, 0.717) is 4.75 Å². The topological polar surface area (TPSA) is 21.3 Å². The molecule has 3 heteroatoms. The Morgan fingerprint density at radius 1 is 1.47 bits per heavy atom. The molecule has 1 saturated heterocycles. The maximum absolute atomic E-state index is 5.22. The summed E-state index contributed by atoms with van der Waals surface area (Å²) in [5.41, 5.74) is 1.29. The summed E-state index contributed by atoms with van der Waals surface area (Å²) in [5.74, 6) is 2.25. The zero-order chi connectivity index (χ0) is 12.1. The standard InChI is InChI=1S/C14H21NOS/c1-14(7-4-8-17-14)11-15-10-12-5-3-6-13(9-12)16-2/h3,5-6,9,15H,4,7-8,10-11H2,1-2H3. The highest BCUT2D eigenvalue weighted by atomic mass is 32.2. The van der Waals surface area contributed by atoms with E-state index < -0.39 is 0 Å². The van der Waals surface area contributed by atoms with Gasteiger partial charge in [-0.05, 0) is 43.2 Å². The van der Waals surface area contributed by atoms with Gasteiger partial charge in [-0.1, -0.05) is 12.1 Å².